The van der Waals surface area contributed by atoms with Crippen molar-refractivity contribution in [1.29, 1.82) is 0 Å². The molecule has 0 radical (unpaired) electrons. The SMILES string of the molecule is CC(C)COCCN(C)[C@H](C)c1cnn(C)c1. The molecule has 0 aliphatic heterocycles. The molecule has 17 heavy (non-hydrogen) atoms. The van der Waals surface area contributed by atoms with Crippen molar-refractivity contribution < 1.29 is 4.74 Å². The average Bonchev–Trinajstić information content (AvgIpc) is 2.69. The third kappa shape index (κ3) is 4.88. The lowest BCUT2D eigenvalue weighted by atomic mass is 10.2. The van der Waals surface area contributed by atoms with Crippen molar-refractivity contribution in [3.05, 3.63) is 18.0 Å². The fraction of sp³-hybridized carbons (Fsp3) is 0.769. The first-order valence-electron chi connectivity index (χ1n) is 6.27. The molecule has 0 saturated carbocycles. The lowest BCUT2D eigenvalue weighted by Crippen LogP contribution is -2.26. The van der Waals surface area contributed by atoms with Crippen LogP contribution in [0.1, 0.15) is 32.4 Å². The van der Waals surface area contributed by atoms with Gasteiger partial charge in [-0.15, -0.1) is 0 Å². The maximum atomic E-state index is 5.59. The predicted octanol–water partition coefficient (Wildman–Crippen LogP) is 2.09. The van der Waals surface area contributed by atoms with Gasteiger partial charge in [-0.2, -0.15) is 5.10 Å². The minimum atomic E-state index is 0.381. The van der Waals surface area contributed by atoms with Crippen LogP contribution in [0, 0.1) is 5.92 Å². The molecular weight excluding hydrogens is 214 g/mol. The minimum absolute atomic E-state index is 0.381. The van der Waals surface area contributed by atoms with Gasteiger partial charge in [0.05, 0.1) is 12.8 Å². The number of nitrogens with zero attached hydrogens (tertiary/aromatic N) is 3. The van der Waals surface area contributed by atoms with Gasteiger partial charge in [0, 0.05) is 38.0 Å². The standard InChI is InChI=1S/C13H25N3O/c1-11(2)10-17-7-6-15(4)12(3)13-8-14-16(5)9-13/h8-9,11-12H,6-7,10H2,1-5H3/t12-/m1/s1. The molecule has 1 atom stereocenters. The lowest BCUT2D eigenvalue weighted by Gasteiger charge is -2.23. The molecular formula is C13H25N3O. The Labute approximate surface area is 105 Å². The van der Waals surface area contributed by atoms with E-state index in [1.54, 1.807) is 0 Å². The summed E-state index contributed by atoms with van der Waals surface area (Å²) in [5.41, 5.74) is 1.25. The van der Waals surface area contributed by atoms with Gasteiger partial charge < -0.3 is 4.74 Å². The second-order valence-corrected chi connectivity index (χ2v) is 5.07. The van der Waals surface area contributed by atoms with Crippen LogP contribution in [0.15, 0.2) is 12.4 Å². The molecule has 0 fully saturated rings. The summed E-state index contributed by atoms with van der Waals surface area (Å²) in [6.07, 6.45) is 3.99. The highest BCUT2D eigenvalue weighted by Gasteiger charge is 2.12. The van der Waals surface area contributed by atoms with Gasteiger partial charge in [0.15, 0.2) is 0 Å². The van der Waals surface area contributed by atoms with E-state index in [1.807, 2.05) is 17.9 Å². The van der Waals surface area contributed by atoms with Crippen molar-refractivity contribution in [2.24, 2.45) is 13.0 Å². The quantitative estimate of drug-likeness (QED) is 0.683. The third-order valence-electron chi connectivity index (χ3n) is 2.91. The van der Waals surface area contributed by atoms with Gasteiger partial charge >= 0.3 is 0 Å². The Morgan fingerprint density at radius 1 is 1.41 bits per heavy atom. The summed E-state index contributed by atoms with van der Waals surface area (Å²) in [5.74, 6) is 0.607. The summed E-state index contributed by atoms with van der Waals surface area (Å²) in [4.78, 5) is 2.29. The first kappa shape index (κ1) is 14.2. The van der Waals surface area contributed by atoms with Gasteiger partial charge in [-0.3, -0.25) is 9.58 Å². The van der Waals surface area contributed by atoms with Crippen LogP contribution in [0.3, 0.4) is 0 Å². The summed E-state index contributed by atoms with van der Waals surface area (Å²) in [7, 11) is 4.07. The van der Waals surface area contributed by atoms with Crippen molar-refractivity contribution >= 4 is 0 Å². The second kappa shape index (κ2) is 6.77. The van der Waals surface area contributed by atoms with Crippen molar-refractivity contribution in [2.45, 2.75) is 26.8 Å². The number of ether oxygens (including phenoxy) is 1. The molecule has 0 aliphatic carbocycles. The van der Waals surface area contributed by atoms with E-state index in [1.165, 1.54) is 5.56 Å². The highest BCUT2D eigenvalue weighted by atomic mass is 16.5. The van der Waals surface area contributed by atoms with Crippen molar-refractivity contribution in [3.63, 3.8) is 0 Å². The van der Waals surface area contributed by atoms with Gasteiger partial charge in [-0.05, 0) is 19.9 Å². The molecule has 0 unspecified atom stereocenters. The normalized spacial score (nSPS) is 13.6. The Hall–Kier alpha value is -0.870. The molecule has 4 heteroatoms. The molecule has 4 nitrogen and oxygen atoms in total. The Kier molecular flexibility index (Phi) is 5.65. The second-order valence-electron chi connectivity index (χ2n) is 5.07. The van der Waals surface area contributed by atoms with E-state index in [9.17, 15) is 0 Å². The topological polar surface area (TPSA) is 30.3 Å². The van der Waals surface area contributed by atoms with Crippen LogP contribution in [-0.2, 0) is 11.8 Å². The highest BCUT2D eigenvalue weighted by Crippen LogP contribution is 2.16. The number of aryl methyl sites for hydroxylation is 1. The van der Waals surface area contributed by atoms with E-state index in [2.05, 4.69) is 44.0 Å². The number of hydrogen-bond acceptors (Lipinski definition) is 3. The van der Waals surface area contributed by atoms with Crippen LogP contribution < -0.4 is 0 Å². The largest absolute Gasteiger partial charge is 0.380 e. The van der Waals surface area contributed by atoms with Gasteiger partial charge in [-0.25, -0.2) is 0 Å². The van der Waals surface area contributed by atoms with Gasteiger partial charge in [0.1, 0.15) is 0 Å². The zero-order valence-electron chi connectivity index (χ0n) is 11.7. The smallest absolute Gasteiger partial charge is 0.0593 e. The molecule has 0 N–H and O–H groups in total. The molecule has 0 aromatic carbocycles. The van der Waals surface area contributed by atoms with Gasteiger partial charge in [-0.1, -0.05) is 13.8 Å². The number of rotatable bonds is 7. The van der Waals surface area contributed by atoms with Crippen LogP contribution in [0.2, 0.25) is 0 Å². The molecule has 0 aliphatic rings. The fourth-order valence-electron chi connectivity index (χ4n) is 1.63. The van der Waals surface area contributed by atoms with E-state index in [-0.39, 0.29) is 0 Å². The molecule has 1 rings (SSSR count). The first-order chi connectivity index (χ1) is 8.00. The molecule has 1 heterocycles. The maximum absolute atomic E-state index is 5.59. The zero-order valence-corrected chi connectivity index (χ0v) is 11.7. The number of likely N-dealkylation sites (N-methyl/N-ethyl adjacent to an activating group) is 1. The monoisotopic (exact) mass is 239 g/mol. The summed E-state index contributed by atoms with van der Waals surface area (Å²) in [6.45, 7) is 9.11. The third-order valence-corrected chi connectivity index (χ3v) is 2.91. The highest BCUT2D eigenvalue weighted by molar-refractivity contribution is 5.08. The van der Waals surface area contributed by atoms with E-state index in [0.29, 0.717) is 12.0 Å². The molecule has 0 amide bonds. The van der Waals surface area contributed by atoms with E-state index >= 15 is 0 Å². The predicted molar refractivity (Wildman–Crippen MR) is 69.9 cm³/mol. The Morgan fingerprint density at radius 3 is 2.65 bits per heavy atom. The number of aromatic nitrogens is 2. The Bertz CT molecular complexity index is 322. The molecule has 1 aromatic heterocycles. The Morgan fingerprint density at radius 2 is 2.12 bits per heavy atom. The van der Waals surface area contributed by atoms with Crippen LogP contribution in [0.25, 0.3) is 0 Å². The van der Waals surface area contributed by atoms with E-state index in [4.69, 9.17) is 4.74 Å². The Balaban J connectivity index is 2.29. The molecule has 0 spiro atoms. The summed E-state index contributed by atoms with van der Waals surface area (Å²) in [6, 6.07) is 0.381. The van der Waals surface area contributed by atoms with Gasteiger partial charge in [0.25, 0.3) is 0 Å². The van der Waals surface area contributed by atoms with E-state index < -0.39 is 0 Å². The molecule has 0 bridgehead atoms. The van der Waals surface area contributed by atoms with Gasteiger partial charge in [0.2, 0.25) is 0 Å². The van der Waals surface area contributed by atoms with E-state index in [0.717, 1.165) is 19.8 Å². The van der Waals surface area contributed by atoms with Crippen LogP contribution in [-0.4, -0.2) is 41.5 Å². The number of hydrogen-bond donors (Lipinski definition) is 0. The molecule has 0 saturated heterocycles. The summed E-state index contributed by atoms with van der Waals surface area (Å²) in [5, 5.41) is 4.20. The minimum Gasteiger partial charge on any atom is -0.380 e. The van der Waals surface area contributed by atoms with Crippen LogP contribution >= 0.6 is 0 Å². The summed E-state index contributed by atoms with van der Waals surface area (Å²) < 4.78 is 7.44. The zero-order chi connectivity index (χ0) is 12.8. The summed E-state index contributed by atoms with van der Waals surface area (Å²) >= 11 is 0. The van der Waals surface area contributed by atoms with Crippen molar-refractivity contribution in [2.75, 3.05) is 26.8 Å². The van der Waals surface area contributed by atoms with Crippen molar-refractivity contribution in [3.8, 4) is 0 Å². The molecule has 1 aromatic rings. The maximum Gasteiger partial charge on any atom is 0.0593 e. The average molecular weight is 239 g/mol. The first-order valence-corrected chi connectivity index (χ1v) is 6.27. The molecule has 98 valence electrons. The lowest BCUT2D eigenvalue weighted by molar-refractivity contribution is 0.0831. The van der Waals surface area contributed by atoms with Crippen LogP contribution in [0.5, 0.6) is 0 Å². The van der Waals surface area contributed by atoms with Crippen molar-refractivity contribution in [1.82, 2.24) is 14.7 Å². The van der Waals surface area contributed by atoms with Crippen LogP contribution in [0.4, 0.5) is 0 Å². The fourth-order valence-corrected chi connectivity index (χ4v) is 1.63.